The fourth-order valence-corrected chi connectivity index (χ4v) is 2.24. The number of benzene rings is 1. The summed E-state index contributed by atoms with van der Waals surface area (Å²) in [6, 6.07) is 7.72. The molecule has 106 valence electrons. The topological polar surface area (TPSA) is 70.7 Å². The van der Waals surface area contributed by atoms with Crippen molar-refractivity contribution >= 4 is 23.4 Å². The van der Waals surface area contributed by atoms with Gasteiger partial charge < -0.3 is 5.32 Å². The molecule has 0 aliphatic carbocycles. The Labute approximate surface area is 122 Å². The van der Waals surface area contributed by atoms with Crippen molar-refractivity contribution < 1.29 is 4.79 Å². The van der Waals surface area contributed by atoms with Crippen LogP contribution in [0.2, 0.25) is 0 Å². The fraction of sp³-hybridized carbons (Fsp3) is 0.357. The standard InChI is InChI=1S/C14H18N4OS/c1-9(2)13-16-14(18-17-13)20-8-12(19)15-11-6-4-5-10(3)7-11/h4-7,9H,8H2,1-3H3,(H,15,19)(H,16,17,18). The van der Waals surface area contributed by atoms with Gasteiger partial charge in [-0.25, -0.2) is 4.98 Å². The summed E-state index contributed by atoms with van der Waals surface area (Å²) in [5, 5.41) is 10.4. The molecular weight excluding hydrogens is 272 g/mol. The molecule has 2 aromatic rings. The second-order valence-corrected chi connectivity index (χ2v) is 5.81. The normalized spacial score (nSPS) is 10.8. The Hall–Kier alpha value is -1.82. The van der Waals surface area contributed by atoms with Crippen LogP contribution in [0.5, 0.6) is 0 Å². The first-order valence-corrected chi connectivity index (χ1v) is 7.45. The minimum atomic E-state index is -0.0588. The number of nitrogens with one attached hydrogen (secondary N) is 2. The van der Waals surface area contributed by atoms with Gasteiger partial charge in [0.05, 0.1) is 5.75 Å². The van der Waals surface area contributed by atoms with Crippen molar-refractivity contribution in [3.8, 4) is 0 Å². The van der Waals surface area contributed by atoms with Crippen LogP contribution in [-0.4, -0.2) is 26.8 Å². The van der Waals surface area contributed by atoms with Crippen LogP contribution in [0, 0.1) is 6.92 Å². The number of anilines is 1. The predicted molar refractivity (Wildman–Crippen MR) is 81.0 cm³/mol. The smallest absolute Gasteiger partial charge is 0.234 e. The summed E-state index contributed by atoms with van der Waals surface area (Å²) in [5.41, 5.74) is 1.93. The lowest BCUT2D eigenvalue weighted by molar-refractivity contribution is -0.113. The molecule has 5 nitrogen and oxygen atoms in total. The molecule has 0 atom stereocenters. The van der Waals surface area contributed by atoms with Gasteiger partial charge in [-0.3, -0.25) is 9.89 Å². The van der Waals surface area contributed by atoms with Crippen LogP contribution in [0.15, 0.2) is 29.4 Å². The van der Waals surface area contributed by atoms with Gasteiger partial charge in [0.1, 0.15) is 5.82 Å². The molecule has 1 heterocycles. The van der Waals surface area contributed by atoms with E-state index in [2.05, 4.69) is 20.5 Å². The summed E-state index contributed by atoms with van der Waals surface area (Å²) in [6.07, 6.45) is 0. The van der Waals surface area contributed by atoms with Gasteiger partial charge in [-0.15, -0.1) is 5.10 Å². The van der Waals surface area contributed by atoms with Gasteiger partial charge in [0.15, 0.2) is 0 Å². The molecule has 0 fully saturated rings. The zero-order valence-corrected chi connectivity index (χ0v) is 12.6. The van der Waals surface area contributed by atoms with Crippen LogP contribution in [0.1, 0.15) is 31.2 Å². The first-order valence-electron chi connectivity index (χ1n) is 6.46. The van der Waals surface area contributed by atoms with Crippen LogP contribution < -0.4 is 5.32 Å². The monoisotopic (exact) mass is 290 g/mol. The highest BCUT2D eigenvalue weighted by atomic mass is 32.2. The van der Waals surface area contributed by atoms with E-state index < -0.39 is 0 Å². The highest BCUT2D eigenvalue weighted by molar-refractivity contribution is 7.99. The van der Waals surface area contributed by atoms with Crippen LogP contribution in [0.3, 0.4) is 0 Å². The average Bonchev–Trinajstić information content (AvgIpc) is 2.85. The molecule has 0 aliphatic heterocycles. The summed E-state index contributed by atoms with van der Waals surface area (Å²) < 4.78 is 0. The number of nitrogens with zero attached hydrogens (tertiary/aromatic N) is 2. The zero-order chi connectivity index (χ0) is 14.5. The Kier molecular flexibility index (Phi) is 4.79. The number of thioether (sulfide) groups is 1. The van der Waals surface area contributed by atoms with Gasteiger partial charge >= 0.3 is 0 Å². The van der Waals surface area contributed by atoms with Crippen molar-refractivity contribution in [3.63, 3.8) is 0 Å². The van der Waals surface area contributed by atoms with Crippen molar-refractivity contribution in [2.75, 3.05) is 11.1 Å². The van der Waals surface area contributed by atoms with E-state index in [1.807, 2.05) is 45.0 Å². The molecule has 1 amide bonds. The molecule has 0 saturated heterocycles. The highest BCUT2D eigenvalue weighted by Gasteiger charge is 2.09. The number of rotatable bonds is 5. The summed E-state index contributed by atoms with van der Waals surface area (Å²) in [4.78, 5) is 16.2. The van der Waals surface area contributed by atoms with Gasteiger partial charge in [0, 0.05) is 11.6 Å². The minimum absolute atomic E-state index is 0.0588. The molecule has 0 aliphatic rings. The van der Waals surface area contributed by atoms with E-state index in [1.54, 1.807) is 0 Å². The largest absolute Gasteiger partial charge is 0.325 e. The Bertz CT molecular complexity index is 594. The molecule has 0 unspecified atom stereocenters. The van der Waals surface area contributed by atoms with E-state index >= 15 is 0 Å². The predicted octanol–water partition coefficient (Wildman–Crippen LogP) is 2.97. The van der Waals surface area contributed by atoms with E-state index in [1.165, 1.54) is 11.8 Å². The summed E-state index contributed by atoms with van der Waals surface area (Å²) >= 11 is 1.32. The molecular formula is C14H18N4OS. The Balaban J connectivity index is 1.85. The molecule has 0 saturated carbocycles. The van der Waals surface area contributed by atoms with E-state index in [0.29, 0.717) is 16.8 Å². The number of hydrogen-bond acceptors (Lipinski definition) is 4. The summed E-state index contributed by atoms with van der Waals surface area (Å²) in [6.45, 7) is 6.07. The second kappa shape index (κ2) is 6.56. The lowest BCUT2D eigenvalue weighted by Crippen LogP contribution is -2.14. The van der Waals surface area contributed by atoms with Crippen LogP contribution in [-0.2, 0) is 4.79 Å². The van der Waals surface area contributed by atoms with Crippen molar-refractivity contribution in [2.24, 2.45) is 0 Å². The van der Waals surface area contributed by atoms with Crippen molar-refractivity contribution in [2.45, 2.75) is 31.8 Å². The van der Waals surface area contributed by atoms with Gasteiger partial charge in [0.25, 0.3) is 0 Å². The molecule has 2 rings (SSSR count). The zero-order valence-electron chi connectivity index (χ0n) is 11.8. The lowest BCUT2D eigenvalue weighted by atomic mass is 10.2. The number of aromatic nitrogens is 3. The number of aryl methyl sites for hydroxylation is 1. The number of aromatic amines is 1. The third-order valence-electron chi connectivity index (χ3n) is 2.66. The third kappa shape index (κ3) is 4.09. The maximum atomic E-state index is 11.8. The summed E-state index contributed by atoms with van der Waals surface area (Å²) in [5.74, 6) is 1.38. The molecule has 2 N–H and O–H groups in total. The van der Waals surface area contributed by atoms with Crippen molar-refractivity contribution in [1.29, 1.82) is 0 Å². The molecule has 20 heavy (non-hydrogen) atoms. The van der Waals surface area contributed by atoms with Crippen molar-refractivity contribution in [3.05, 3.63) is 35.7 Å². The van der Waals surface area contributed by atoms with Gasteiger partial charge in [-0.2, -0.15) is 0 Å². The molecule has 6 heteroatoms. The van der Waals surface area contributed by atoms with E-state index in [-0.39, 0.29) is 5.91 Å². The van der Waals surface area contributed by atoms with E-state index in [4.69, 9.17) is 0 Å². The number of amides is 1. The maximum absolute atomic E-state index is 11.8. The first kappa shape index (κ1) is 14.6. The Morgan fingerprint density at radius 2 is 2.25 bits per heavy atom. The van der Waals surface area contributed by atoms with E-state index in [9.17, 15) is 4.79 Å². The van der Waals surface area contributed by atoms with Crippen LogP contribution in [0.25, 0.3) is 0 Å². The maximum Gasteiger partial charge on any atom is 0.234 e. The molecule has 1 aromatic heterocycles. The first-order chi connectivity index (χ1) is 9.54. The van der Waals surface area contributed by atoms with Gasteiger partial charge in [-0.1, -0.05) is 37.7 Å². The van der Waals surface area contributed by atoms with Gasteiger partial charge in [-0.05, 0) is 24.6 Å². The SMILES string of the molecule is Cc1cccc(NC(=O)CSc2n[nH]c(C(C)C)n2)c1. The Morgan fingerprint density at radius 1 is 1.45 bits per heavy atom. The molecule has 0 bridgehead atoms. The Morgan fingerprint density at radius 3 is 2.90 bits per heavy atom. The number of carbonyl (C=O) groups excluding carboxylic acids is 1. The third-order valence-corrected chi connectivity index (χ3v) is 3.51. The molecule has 0 radical (unpaired) electrons. The van der Waals surface area contributed by atoms with E-state index in [0.717, 1.165) is 17.1 Å². The average molecular weight is 290 g/mol. The van der Waals surface area contributed by atoms with Crippen molar-refractivity contribution in [1.82, 2.24) is 15.2 Å². The summed E-state index contributed by atoms with van der Waals surface area (Å²) in [7, 11) is 0. The quantitative estimate of drug-likeness (QED) is 0.831. The highest BCUT2D eigenvalue weighted by Crippen LogP contribution is 2.17. The molecule has 0 spiro atoms. The molecule has 1 aromatic carbocycles. The minimum Gasteiger partial charge on any atom is -0.325 e. The second-order valence-electron chi connectivity index (χ2n) is 4.86. The van der Waals surface area contributed by atoms with Gasteiger partial charge in [0.2, 0.25) is 11.1 Å². The lowest BCUT2D eigenvalue weighted by Gasteiger charge is -2.04. The number of hydrogen-bond donors (Lipinski definition) is 2. The van der Waals surface area contributed by atoms with Crippen LogP contribution >= 0.6 is 11.8 Å². The fourth-order valence-electron chi connectivity index (χ4n) is 1.63. The number of H-pyrrole nitrogens is 1. The number of carbonyl (C=O) groups is 1. The van der Waals surface area contributed by atoms with Crippen LogP contribution in [0.4, 0.5) is 5.69 Å².